The van der Waals surface area contributed by atoms with Gasteiger partial charge in [-0.25, -0.2) is 4.98 Å². The third-order valence-electron chi connectivity index (χ3n) is 3.32. The minimum atomic E-state index is 0.468. The van der Waals surface area contributed by atoms with E-state index in [1.165, 1.54) is 0 Å². The zero-order valence-electron chi connectivity index (χ0n) is 11.1. The fraction of sp³-hybridized carbons (Fsp3) is 0.133. The fourth-order valence-corrected chi connectivity index (χ4v) is 3.42. The van der Waals surface area contributed by atoms with Crippen molar-refractivity contribution in [3.8, 4) is 5.69 Å². The first-order valence-electron chi connectivity index (χ1n) is 6.18. The first kappa shape index (κ1) is 13.5. The molecule has 0 aliphatic heterocycles. The molecule has 1 heterocycles. The summed E-state index contributed by atoms with van der Waals surface area (Å²) in [6, 6.07) is 9.77. The molecule has 2 aromatic carbocycles. The van der Waals surface area contributed by atoms with Gasteiger partial charge in [-0.2, -0.15) is 0 Å². The van der Waals surface area contributed by atoms with Gasteiger partial charge < -0.3 is 5.73 Å². The molecule has 3 rings (SSSR count). The van der Waals surface area contributed by atoms with E-state index >= 15 is 0 Å². The third-order valence-corrected chi connectivity index (χ3v) is 4.01. The van der Waals surface area contributed by atoms with Gasteiger partial charge in [0.15, 0.2) is 0 Å². The number of hydrogen-bond donors (Lipinski definition) is 1. The van der Waals surface area contributed by atoms with Gasteiger partial charge in [0.05, 0.1) is 16.7 Å². The van der Waals surface area contributed by atoms with Gasteiger partial charge in [-0.1, -0.05) is 27.5 Å². The van der Waals surface area contributed by atoms with Gasteiger partial charge in [-0.3, -0.25) is 4.57 Å². The number of hydrogen-bond acceptors (Lipinski definition) is 2. The van der Waals surface area contributed by atoms with Crippen molar-refractivity contribution < 1.29 is 0 Å². The Hall–Kier alpha value is -1.52. The Balaban J connectivity index is 2.38. The highest BCUT2D eigenvalue weighted by Crippen LogP contribution is 2.30. The zero-order chi connectivity index (χ0) is 14.4. The first-order valence-corrected chi connectivity index (χ1v) is 7.35. The Morgan fingerprint density at radius 1 is 1.15 bits per heavy atom. The highest BCUT2D eigenvalue weighted by atomic mass is 79.9. The molecule has 3 nitrogen and oxygen atoms in total. The van der Waals surface area contributed by atoms with Gasteiger partial charge in [0.1, 0.15) is 0 Å². The number of nitrogens with two attached hydrogens (primary N) is 1. The van der Waals surface area contributed by atoms with Crippen LogP contribution < -0.4 is 5.73 Å². The second-order valence-corrected chi connectivity index (χ2v) is 6.18. The monoisotopic (exact) mass is 349 g/mol. The number of nitrogens with zero attached hydrogens (tertiary/aromatic N) is 2. The smallest absolute Gasteiger partial charge is 0.205 e. The number of nitrogen functional groups attached to an aromatic ring is 1. The minimum Gasteiger partial charge on any atom is -0.369 e. The van der Waals surface area contributed by atoms with E-state index in [0.717, 1.165) is 32.3 Å². The van der Waals surface area contributed by atoms with Crippen molar-refractivity contribution in [2.75, 3.05) is 5.73 Å². The van der Waals surface area contributed by atoms with Crippen molar-refractivity contribution in [2.45, 2.75) is 13.8 Å². The van der Waals surface area contributed by atoms with E-state index in [1.54, 1.807) is 0 Å². The predicted octanol–water partition coefficient (Wildman–Crippen LogP) is 4.64. The number of rotatable bonds is 1. The second-order valence-electron chi connectivity index (χ2n) is 4.83. The normalized spacial score (nSPS) is 11.2. The number of halogens is 2. The van der Waals surface area contributed by atoms with E-state index in [1.807, 2.05) is 22.8 Å². The summed E-state index contributed by atoms with van der Waals surface area (Å²) in [6.07, 6.45) is 0. The van der Waals surface area contributed by atoms with Crippen LogP contribution in [0.1, 0.15) is 11.1 Å². The summed E-state index contributed by atoms with van der Waals surface area (Å²) in [4.78, 5) is 4.40. The minimum absolute atomic E-state index is 0.468. The number of fused-ring (bicyclic) bond motifs is 1. The van der Waals surface area contributed by atoms with Crippen molar-refractivity contribution >= 4 is 44.5 Å². The molecule has 20 heavy (non-hydrogen) atoms. The van der Waals surface area contributed by atoms with Crippen LogP contribution in [-0.2, 0) is 0 Å². The molecule has 0 spiro atoms. The predicted molar refractivity (Wildman–Crippen MR) is 87.7 cm³/mol. The van der Waals surface area contributed by atoms with Crippen LogP contribution in [0.25, 0.3) is 16.7 Å². The molecule has 0 fully saturated rings. The van der Waals surface area contributed by atoms with Crippen LogP contribution in [-0.4, -0.2) is 9.55 Å². The van der Waals surface area contributed by atoms with E-state index < -0.39 is 0 Å². The van der Waals surface area contributed by atoms with E-state index in [-0.39, 0.29) is 0 Å². The maximum Gasteiger partial charge on any atom is 0.205 e. The molecule has 0 radical (unpaired) electrons. The van der Waals surface area contributed by atoms with E-state index in [0.29, 0.717) is 11.0 Å². The van der Waals surface area contributed by atoms with Crippen molar-refractivity contribution in [3.05, 3.63) is 51.0 Å². The Bertz CT molecular complexity index is 800. The molecule has 5 heteroatoms. The summed E-state index contributed by atoms with van der Waals surface area (Å²) in [7, 11) is 0. The topological polar surface area (TPSA) is 43.8 Å². The average Bonchev–Trinajstić information content (AvgIpc) is 2.64. The van der Waals surface area contributed by atoms with Crippen molar-refractivity contribution in [3.63, 3.8) is 0 Å². The molecule has 3 aromatic rings. The van der Waals surface area contributed by atoms with Gasteiger partial charge in [0, 0.05) is 9.50 Å². The third kappa shape index (κ3) is 2.09. The molecule has 0 amide bonds. The van der Waals surface area contributed by atoms with Gasteiger partial charge in [-0.15, -0.1) is 0 Å². The van der Waals surface area contributed by atoms with Crippen LogP contribution in [0.4, 0.5) is 5.95 Å². The van der Waals surface area contributed by atoms with E-state index in [4.69, 9.17) is 17.3 Å². The molecule has 0 saturated carbocycles. The summed E-state index contributed by atoms with van der Waals surface area (Å²) < 4.78 is 3.03. The van der Waals surface area contributed by atoms with Crippen LogP contribution in [0.3, 0.4) is 0 Å². The molecule has 0 unspecified atom stereocenters. The lowest BCUT2D eigenvalue weighted by Gasteiger charge is -2.14. The van der Waals surface area contributed by atoms with E-state index in [2.05, 4.69) is 46.9 Å². The van der Waals surface area contributed by atoms with Gasteiger partial charge >= 0.3 is 0 Å². The second kappa shape index (κ2) is 4.79. The number of imidazole rings is 1. The summed E-state index contributed by atoms with van der Waals surface area (Å²) in [5.41, 5.74) is 11.2. The highest BCUT2D eigenvalue weighted by Gasteiger charge is 2.14. The highest BCUT2D eigenvalue weighted by molar-refractivity contribution is 9.10. The SMILES string of the molecule is Cc1cc(Br)cc(C)c1-n1c(N)nc2cc(Cl)ccc21. The van der Waals surface area contributed by atoms with Gasteiger partial charge in [0.25, 0.3) is 0 Å². The number of anilines is 1. The lowest BCUT2D eigenvalue weighted by atomic mass is 10.1. The van der Waals surface area contributed by atoms with Crippen LogP contribution >= 0.6 is 27.5 Å². The Kier molecular flexibility index (Phi) is 3.22. The van der Waals surface area contributed by atoms with Crippen molar-refractivity contribution in [1.29, 1.82) is 0 Å². The van der Waals surface area contributed by atoms with Crippen molar-refractivity contribution in [2.24, 2.45) is 0 Å². The van der Waals surface area contributed by atoms with Crippen molar-refractivity contribution in [1.82, 2.24) is 9.55 Å². The average molecular weight is 351 g/mol. The molecular formula is C15H13BrClN3. The molecule has 0 aliphatic rings. The molecule has 102 valence electrons. The maximum absolute atomic E-state index is 6.11. The maximum atomic E-state index is 6.11. The molecular weight excluding hydrogens is 338 g/mol. The molecule has 0 atom stereocenters. The van der Waals surface area contributed by atoms with Gasteiger partial charge in [0.2, 0.25) is 5.95 Å². The summed E-state index contributed by atoms with van der Waals surface area (Å²) in [6.45, 7) is 4.13. The van der Waals surface area contributed by atoms with Crippen LogP contribution in [0.5, 0.6) is 0 Å². The number of aromatic nitrogens is 2. The summed E-state index contributed by atoms with van der Waals surface area (Å²) in [5.74, 6) is 0.468. The Morgan fingerprint density at radius 2 is 1.80 bits per heavy atom. The van der Waals surface area contributed by atoms with Crippen LogP contribution in [0.2, 0.25) is 5.02 Å². The molecule has 0 saturated heterocycles. The number of benzene rings is 2. The molecule has 0 bridgehead atoms. The molecule has 2 N–H and O–H groups in total. The summed E-state index contributed by atoms with van der Waals surface area (Å²) >= 11 is 9.53. The molecule has 1 aromatic heterocycles. The quantitative estimate of drug-likeness (QED) is 0.695. The van der Waals surface area contributed by atoms with E-state index in [9.17, 15) is 0 Å². The van der Waals surface area contributed by atoms with Crippen LogP contribution in [0, 0.1) is 13.8 Å². The summed E-state index contributed by atoms with van der Waals surface area (Å²) in [5, 5.41) is 0.659. The van der Waals surface area contributed by atoms with Crippen LogP contribution in [0.15, 0.2) is 34.8 Å². The first-order chi connectivity index (χ1) is 9.47. The van der Waals surface area contributed by atoms with Gasteiger partial charge in [-0.05, 0) is 55.3 Å². The lowest BCUT2D eigenvalue weighted by Crippen LogP contribution is -2.04. The Morgan fingerprint density at radius 3 is 2.45 bits per heavy atom. The molecule has 0 aliphatic carbocycles. The number of aryl methyl sites for hydroxylation is 2. The lowest BCUT2D eigenvalue weighted by molar-refractivity contribution is 1.07. The zero-order valence-corrected chi connectivity index (χ0v) is 13.5. The standard InChI is InChI=1S/C15H13BrClN3/c1-8-5-10(16)6-9(2)14(8)20-13-4-3-11(17)7-12(13)19-15(20)18/h3-7H,1-2H3,(H2,18,19). The Labute approximate surface area is 130 Å². The largest absolute Gasteiger partial charge is 0.369 e. The fourth-order valence-electron chi connectivity index (χ4n) is 2.56.